The smallest absolute Gasteiger partial charge is 0.252 e. The van der Waals surface area contributed by atoms with E-state index >= 15 is 0 Å². The minimum absolute atomic E-state index is 0.0906. The van der Waals surface area contributed by atoms with Crippen molar-refractivity contribution < 1.29 is 13.7 Å². The molecule has 4 aromatic heterocycles. The quantitative estimate of drug-likeness (QED) is 0.157. The number of aromatic nitrogens is 3. The van der Waals surface area contributed by atoms with Crippen molar-refractivity contribution >= 4 is 143 Å². The molecule has 0 N–H and O–H groups in total. The van der Waals surface area contributed by atoms with Crippen molar-refractivity contribution in [3.63, 3.8) is 0 Å². The van der Waals surface area contributed by atoms with Gasteiger partial charge in [-0.1, -0.05) is 260 Å². The second-order valence-corrected chi connectivity index (χ2v) is 28.5. The van der Waals surface area contributed by atoms with Gasteiger partial charge in [-0.15, -0.1) is 0 Å². The zero-order valence-electron chi connectivity index (χ0n) is 64.4. The standard InChI is InChI=1S/C92H67BN4/c1-91(2,3)62-41-47-80-74(51-62)75-52-63(92(4,5)6)42-48-81(75)94(80)65-53-76-73-49-60(57-25-12-8-13-26-57)40-46-82(73)97-85-55-84-86(72-35-22-34-71-69-32-19-17-30-67(69)66-29-16-18-31-68(66)70-33-20-21-36-79(70)96(84)88(71)72)90-87(85)93(78(54-65)89(76)97)77-45-39-61(58-27-14-9-15-28-58)50-83(77)95(90)64-43-37-59(38-44-64)56-23-10-7-11-24-56/h7-55H,1-6H3/i8D,9D,12D,13D,14D,15D,25D,26D,27D,28D. The maximum absolute atomic E-state index is 9.60. The van der Waals surface area contributed by atoms with Gasteiger partial charge in [-0.2, -0.15) is 0 Å². The van der Waals surface area contributed by atoms with E-state index in [1.54, 1.807) is 0 Å². The van der Waals surface area contributed by atoms with Crippen LogP contribution in [0.5, 0.6) is 0 Å². The lowest BCUT2D eigenvalue weighted by atomic mass is 9.33. The summed E-state index contributed by atoms with van der Waals surface area (Å²) in [5.74, 6) is 0. The van der Waals surface area contributed by atoms with Crippen molar-refractivity contribution in [1.29, 1.82) is 0 Å². The zero-order chi connectivity index (χ0) is 73.4. The Bertz CT molecular complexity index is 6970. The molecule has 5 heteroatoms. The van der Waals surface area contributed by atoms with Gasteiger partial charge >= 0.3 is 0 Å². The Morgan fingerprint density at radius 3 is 1.47 bits per heavy atom. The van der Waals surface area contributed by atoms with Crippen LogP contribution in [0.2, 0.25) is 0 Å². The van der Waals surface area contributed by atoms with E-state index in [1.165, 1.54) is 11.1 Å². The molecule has 0 amide bonds. The van der Waals surface area contributed by atoms with Crippen LogP contribution in [0.4, 0.5) is 17.1 Å². The number of para-hydroxylation sites is 2. The fourth-order valence-electron chi connectivity index (χ4n) is 16.6. The van der Waals surface area contributed by atoms with Gasteiger partial charge in [0.05, 0.1) is 52.5 Å². The number of hydrogen-bond acceptors (Lipinski definition) is 1. The Morgan fingerprint density at radius 2 is 0.825 bits per heavy atom. The zero-order valence-corrected chi connectivity index (χ0v) is 54.4. The lowest BCUT2D eigenvalue weighted by Crippen LogP contribution is -2.60. The van der Waals surface area contributed by atoms with Gasteiger partial charge in [0.15, 0.2) is 0 Å². The van der Waals surface area contributed by atoms with Gasteiger partial charge in [0.2, 0.25) is 0 Å². The molecule has 20 rings (SSSR count). The molecular formula is C92H67BN4. The van der Waals surface area contributed by atoms with Gasteiger partial charge < -0.3 is 18.4 Å². The maximum Gasteiger partial charge on any atom is 0.252 e. The van der Waals surface area contributed by atoms with Crippen LogP contribution < -0.4 is 21.3 Å². The molecule has 97 heavy (non-hydrogen) atoms. The first-order valence-corrected chi connectivity index (χ1v) is 33.4. The van der Waals surface area contributed by atoms with E-state index in [4.69, 9.17) is 8.22 Å². The highest BCUT2D eigenvalue weighted by Gasteiger charge is 2.45. The molecular weight excluding hydrogens is 1170 g/mol. The SMILES string of the molecule is [2H]c1c([2H])c([2H])c(-c2ccc3c(c2)N(c2ccc(-c4ccccc4)cc2)c2c4c(cc5c2c2cccc6c7ccccc7c7ccccc7c7ccccc7n5c62)-n2c5ccc(-c6c([2H])c([2H])c([2H])c([2H])c6[2H])cc5c5cc(-n6c7ccc(C(C)(C)C)cc7c7cc(C(C)(C)C)ccc76)cc(c52)B34)c([2H])c1[2H]. The molecule has 0 aliphatic carbocycles. The van der Waals surface area contributed by atoms with Gasteiger partial charge in [0.25, 0.3) is 6.71 Å². The lowest BCUT2D eigenvalue weighted by Gasteiger charge is -2.41. The first-order valence-electron chi connectivity index (χ1n) is 38.4. The second kappa shape index (κ2) is 20.4. The minimum atomic E-state index is -0.568. The van der Waals surface area contributed by atoms with Crippen molar-refractivity contribution in [1.82, 2.24) is 13.5 Å². The minimum Gasteiger partial charge on any atom is -0.311 e. The van der Waals surface area contributed by atoms with E-state index in [9.17, 15) is 5.48 Å². The van der Waals surface area contributed by atoms with Crippen molar-refractivity contribution in [3.05, 3.63) is 308 Å². The molecule has 458 valence electrons. The summed E-state index contributed by atoms with van der Waals surface area (Å²) in [5, 5.41) is 12.3. The summed E-state index contributed by atoms with van der Waals surface area (Å²) in [6.07, 6.45) is 0. The van der Waals surface area contributed by atoms with Crippen molar-refractivity contribution in [2.45, 2.75) is 52.4 Å². The summed E-state index contributed by atoms with van der Waals surface area (Å²) in [4.78, 5) is 2.37. The fraction of sp³-hybridized carbons (Fsp3) is 0.0870. The van der Waals surface area contributed by atoms with E-state index in [-0.39, 0.29) is 46.1 Å². The van der Waals surface area contributed by atoms with E-state index in [2.05, 4.69) is 254 Å². The lowest BCUT2D eigenvalue weighted by molar-refractivity contribution is 0.590. The van der Waals surface area contributed by atoms with Gasteiger partial charge in [-0.3, -0.25) is 0 Å². The van der Waals surface area contributed by atoms with Crippen molar-refractivity contribution in [2.24, 2.45) is 0 Å². The topological polar surface area (TPSA) is 17.5 Å². The Balaban J connectivity index is 1.02. The molecule has 0 unspecified atom stereocenters. The molecule has 18 aromatic rings. The van der Waals surface area contributed by atoms with E-state index in [0.717, 1.165) is 159 Å². The first-order chi connectivity index (χ1) is 51.5. The summed E-state index contributed by atoms with van der Waals surface area (Å²) in [6.45, 7) is 12.9. The summed E-state index contributed by atoms with van der Waals surface area (Å²) in [7, 11) is 0. The largest absolute Gasteiger partial charge is 0.311 e. The maximum atomic E-state index is 9.60. The Hall–Kier alpha value is -11.7. The van der Waals surface area contributed by atoms with Crippen molar-refractivity contribution in [2.75, 3.05) is 4.90 Å². The molecule has 0 saturated carbocycles. The molecule has 2 aliphatic heterocycles. The first kappa shape index (κ1) is 46.4. The molecule has 0 radical (unpaired) electrons. The van der Waals surface area contributed by atoms with Gasteiger partial charge in [-0.05, 0) is 172 Å². The average molecular weight is 1250 g/mol. The van der Waals surface area contributed by atoms with Crippen LogP contribution in [-0.4, -0.2) is 20.2 Å². The van der Waals surface area contributed by atoms with Crippen LogP contribution in [0.15, 0.2) is 297 Å². The second-order valence-electron chi connectivity index (χ2n) is 28.5. The van der Waals surface area contributed by atoms with Crippen molar-refractivity contribution in [3.8, 4) is 44.8 Å². The molecule has 2 aliphatic rings. The Labute approximate surface area is 577 Å². The van der Waals surface area contributed by atoms with Crippen LogP contribution in [0.1, 0.15) is 66.4 Å². The van der Waals surface area contributed by atoms with Crippen LogP contribution in [0, 0.1) is 0 Å². The Morgan fingerprint density at radius 1 is 0.309 bits per heavy atom. The molecule has 0 fully saturated rings. The highest BCUT2D eigenvalue weighted by Crippen LogP contribution is 2.51. The third-order valence-electron chi connectivity index (χ3n) is 21.0. The van der Waals surface area contributed by atoms with Crippen LogP contribution in [0.3, 0.4) is 0 Å². The number of fused-ring (bicyclic) bond motifs is 21. The summed E-state index contributed by atoms with van der Waals surface area (Å²) < 4.78 is 99.1. The monoisotopic (exact) mass is 1250 g/mol. The number of nitrogens with zero attached hydrogens (tertiary/aromatic N) is 4. The predicted octanol–water partition coefficient (Wildman–Crippen LogP) is 22.7. The molecule has 6 heterocycles. The van der Waals surface area contributed by atoms with Gasteiger partial charge in [0.1, 0.15) is 0 Å². The molecule has 4 nitrogen and oxygen atoms in total. The summed E-state index contributed by atoms with van der Waals surface area (Å²) >= 11 is 0. The molecule has 14 aromatic carbocycles. The molecule has 0 atom stereocenters. The number of benzene rings is 14. The number of hydrogen-bond donors (Lipinski definition) is 0. The van der Waals surface area contributed by atoms with Gasteiger partial charge in [0, 0.05) is 71.4 Å². The van der Waals surface area contributed by atoms with E-state index < -0.39 is 43.0 Å². The highest BCUT2D eigenvalue weighted by atomic mass is 15.2. The number of rotatable bonds is 5. The summed E-state index contributed by atoms with van der Waals surface area (Å²) in [6, 6.07) is 80.9. The average Bonchev–Trinajstić information content (AvgIpc) is 1.56. The normalized spacial score (nSPS) is 14.5. The molecule has 0 spiro atoms. The summed E-state index contributed by atoms with van der Waals surface area (Å²) in [5.41, 5.74) is 19.1. The molecule has 0 saturated heterocycles. The molecule has 0 bridgehead atoms. The van der Waals surface area contributed by atoms with Crippen LogP contribution in [-0.2, 0) is 10.8 Å². The van der Waals surface area contributed by atoms with Crippen LogP contribution >= 0.6 is 0 Å². The van der Waals surface area contributed by atoms with Gasteiger partial charge in [-0.25, -0.2) is 0 Å². The third-order valence-corrected chi connectivity index (χ3v) is 21.0. The van der Waals surface area contributed by atoms with Crippen LogP contribution in [0.25, 0.3) is 148 Å². The number of anilines is 3. The fourth-order valence-corrected chi connectivity index (χ4v) is 16.6. The Kier molecular flexibility index (Phi) is 9.78. The van der Waals surface area contributed by atoms with E-state index in [1.807, 2.05) is 42.5 Å². The third kappa shape index (κ3) is 8.12. The highest BCUT2D eigenvalue weighted by molar-refractivity contribution is 7.00. The predicted molar refractivity (Wildman–Crippen MR) is 415 cm³/mol. The van der Waals surface area contributed by atoms with E-state index in [0.29, 0.717) is 11.1 Å².